The van der Waals surface area contributed by atoms with Crippen LogP contribution < -0.4 is 0 Å². The minimum absolute atomic E-state index is 0.208. The number of nitrogens with zero attached hydrogens (tertiary/aromatic N) is 2. The molecule has 4 heteroatoms. The highest BCUT2D eigenvalue weighted by molar-refractivity contribution is 5.70. The number of piperidine rings is 1. The molecule has 1 aromatic heterocycles. The van der Waals surface area contributed by atoms with E-state index in [1.807, 2.05) is 31.7 Å². The van der Waals surface area contributed by atoms with Crippen molar-refractivity contribution in [2.75, 3.05) is 13.1 Å². The van der Waals surface area contributed by atoms with E-state index in [9.17, 15) is 4.79 Å². The molecule has 1 fully saturated rings. The van der Waals surface area contributed by atoms with E-state index in [-0.39, 0.29) is 6.09 Å². The van der Waals surface area contributed by atoms with Gasteiger partial charge in [0.1, 0.15) is 5.60 Å². The molecule has 1 saturated heterocycles. The number of hydrogen-bond donors (Lipinski definition) is 0. The Hall–Kier alpha value is -2.36. The molecule has 0 bridgehead atoms. The van der Waals surface area contributed by atoms with E-state index in [0.29, 0.717) is 5.92 Å². The number of aromatic nitrogens is 1. The van der Waals surface area contributed by atoms with Gasteiger partial charge in [-0.05, 0) is 64.7 Å². The van der Waals surface area contributed by atoms with Gasteiger partial charge in [0.25, 0.3) is 0 Å². The maximum absolute atomic E-state index is 12.3. The zero-order valence-corrected chi connectivity index (χ0v) is 17.1. The lowest BCUT2D eigenvalue weighted by Crippen LogP contribution is -2.41. The highest BCUT2D eigenvalue weighted by atomic mass is 16.6. The van der Waals surface area contributed by atoms with Gasteiger partial charge in [-0.2, -0.15) is 0 Å². The summed E-state index contributed by atoms with van der Waals surface area (Å²) in [6.45, 7) is 11.4. The molecule has 27 heavy (non-hydrogen) atoms. The number of amides is 1. The monoisotopic (exact) mass is 366 g/mol. The highest BCUT2D eigenvalue weighted by Gasteiger charge is 2.28. The summed E-state index contributed by atoms with van der Waals surface area (Å²) in [6.07, 6.45) is 1.65. The second-order valence-electron chi connectivity index (χ2n) is 8.43. The van der Waals surface area contributed by atoms with E-state index in [2.05, 4.69) is 44.2 Å². The largest absolute Gasteiger partial charge is 0.444 e. The van der Waals surface area contributed by atoms with Crippen LogP contribution in [0.2, 0.25) is 0 Å². The molecule has 2 aromatic rings. The smallest absolute Gasteiger partial charge is 0.410 e. The lowest BCUT2D eigenvalue weighted by atomic mass is 9.90. The van der Waals surface area contributed by atoms with E-state index in [0.717, 1.165) is 37.3 Å². The van der Waals surface area contributed by atoms with Crippen molar-refractivity contribution in [1.82, 2.24) is 9.88 Å². The third-order valence-electron chi connectivity index (χ3n) is 5.04. The summed E-state index contributed by atoms with van der Waals surface area (Å²) in [5.74, 6) is 0.394. The van der Waals surface area contributed by atoms with Crippen LogP contribution in [-0.2, 0) is 4.74 Å². The van der Waals surface area contributed by atoms with Gasteiger partial charge in [0.05, 0.1) is 0 Å². The first-order valence-corrected chi connectivity index (χ1v) is 9.76. The zero-order valence-electron chi connectivity index (χ0n) is 17.1. The van der Waals surface area contributed by atoms with Gasteiger partial charge in [0, 0.05) is 36.0 Å². The SMILES string of the molecule is Cc1cc(C2CCN(C(=O)OC(C)(C)C)CC2)nc(C)c1-c1ccccc1. The topological polar surface area (TPSA) is 42.4 Å². The van der Waals surface area contributed by atoms with Crippen molar-refractivity contribution < 1.29 is 9.53 Å². The molecule has 0 aliphatic carbocycles. The average molecular weight is 367 g/mol. The molecule has 0 saturated carbocycles. The summed E-state index contributed by atoms with van der Waals surface area (Å²) < 4.78 is 5.49. The molecular weight excluding hydrogens is 336 g/mol. The van der Waals surface area contributed by atoms with E-state index < -0.39 is 5.60 Å². The fourth-order valence-corrected chi connectivity index (χ4v) is 3.80. The van der Waals surface area contributed by atoms with Gasteiger partial charge in [-0.15, -0.1) is 0 Å². The van der Waals surface area contributed by atoms with Crippen LogP contribution in [0.3, 0.4) is 0 Å². The number of carbonyl (C=O) groups is 1. The fourth-order valence-electron chi connectivity index (χ4n) is 3.80. The fraction of sp³-hybridized carbons (Fsp3) is 0.478. The Balaban J connectivity index is 1.71. The van der Waals surface area contributed by atoms with Gasteiger partial charge in [-0.25, -0.2) is 4.79 Å². The molecule has 2 heterocycles. The average Bonchev–Trinajstić information content (AvgIpc) is 2.61. The third kappa shape index (κ3) is 4.68. The summed E-state index contributed by atoms with van der Waals surface area (Å²) in [7, 11) is 0. The van der Waals surface area contributed by atoms with E-state index in [1.54, 1.807) is 0 Å². The second-order valence-corrected chi connectivity index (χ2v) is 8.43. The molecule has 4 nitrogen and oxygen atoms in total. The molecule has 0 atom stereocenters. The van der Waals surface area contributed by atoms with Gasteiger partial charge in [0.2, 0.25) is 0 Å². The third-order valence-corrected chi connectivity index (χ3v) is 5.04. The summed E-state index contributed by atoms with van der Waals surface area (Å²) in [5.41, 5.74) is 5.48. The molecule has 0 spiro atoms. The van der Waals surface area contributed by atoms with Crippen molar-refractivity contribution in [3.05, 3.63) is 53.3 Å². The van der Waals surface area contributed by atoms with Crippen LogP contribution in [0.4, 0.5) is 4.79 Å². The van der Waals surface area contributed by atoms with Crippen LogP contribution in [-0.4, -0.2) is 34.7 Å². The van der Waals surface area contributed by atoms with Crippen LogP contribution in [0.15, 0.2) is 36.4 Å². The standard InChI is InChI=1S/C23H30N2O2/c1-16-15-20(24-17(2)21(16)19-9-7-6-8-10-19)18-11-13-25(14-12-18)22(26)27-23(3,4)5/h6-10,15,18H,11-14H2,1-5H3. The first kappa shape index (κ1) is 19.4. The first-order valence-electron chi connectivity index (χ1n) is 9.76. The van der Waals surface area contributed by atoms with E-state index in [1.165, 1.54) is 16.7 Å². The van der Waals surface area contributed by atoms with Crippen LogP contribution in [0.1, 0.15) is 56.5 Å². The van der Waals surface area contributed by atoms with E-state index in [4.69, 9.17) is 9.72 Å². The lowest BCUT2D eigenvalue weighted by molar-refractivity contribution is 0.0204. The molecule has 0 radical (unpaired) electrons. The Labute approximate surface area is 162 Å². The van der Waals surface area contributed by atoms with E-state index >= 15 is 0 Å². The summed E-state index contributed by atoms with van der Waals surface area (Å²) in [4.78, 5) is 19.0. The van der Waals surface area contributed by atoms with Crippen LogP contribution >= 0.6 is 0 Å². The summed E-state index contributed by atoms with van der Waals surface area (Å²) in [5, 5.41) is 0. The summed E-state index contributed by atoms with van der Waals surface area (Å²) in [6, 6.07) is 12.7. The van der Waals surface area contributed by atoms with Gasteiger partial charge < -0.3 is 9.64 Å². The quantitative estimate of drug-likeness (QED) is 0.707. The number of pyridine rings is 1. The highest BCUT2D eigenvalue weighted by Crippen LogP contribution is 2.32. The normalized spacial score (nSPS) is 15.7. The van der Waals surface area contributed by atoms with Gasteiger partial charge in [-0.3, -0.25) is 4.98 Å². The number of hydrogen-bond acceptors (Lipinski definition) is 3. The van der Waals surface area contributed by atoms with Crippen LogP contribution in [0.25, 0.3) is 11.1 Å². The number of likely N-dealkylation sites (tertiary alicyclic amines) is 1. The predicted octanol–water partition coefficient (Wildman–Crippen LogP) is 5.48. The maximum atomic E-state index is 12.3. The minimum atomic E-state index is -0.447. The molecule has 1 aromatic carbocycles. The molecular formula is C23H30N2O2. The second kappa shape index (κ2) is 7.71. The van der Waals surface area contributed by atoms with Crippen LogP contribution in [0.5, 0.6) is 0 Å². The Kier molecular flexibility index (Phi) is 5.54. The molecule has 1 aliphatic heterocycles. The predicted molar refractivity (Wildman–Crippen MR) is 109 cm³/mol. The van der Waals surface area contributed by atoms with Gasteiger partial charge in [-0.1, -0.05) is 30.3 Å². The zero-order chi connectivity index (χ0) is 19.6. The first-order chi connectivity index (χ1) is 12.7. The van der Waals surface area contributed by atoms with Crippen molar-refractivity contribution >= 4 is 6.09 Å². The molecule has 0 unspecified atom stereocenters. The van der Waals surface area contributed by atoms with Crippen molar-refractivity contribution in [3.8, 4) is 11.1 Å². The molecule has 144 valence electrons. The van der Waals surface area contributed by atoms with Gasteiger partial charge >= 0.3 is 6.09 Å². The maximum Gasteiger partial charge on any atom is 0.410 e. The Bertz CT molecular complexity index is 778. The van der Waals surface area contributed by atoms with Crippen molar-refractivity contribution in [2.45, 2.75) is 59.0 Å². The molecule has 1 aliphatic rings. The Morgan fingerprint density at radius 3 is 2.30 bits per heavy atom. The number of ether oxygens (including phenoxy) is 1. The number of benzene rings is 1. The molecule has 0 N–H and O–H groups in total. The molecule has 1 amide bonds. The number of carbonyl (C=O) groups excluding carboxylic acids is 1. The van der Waals surface area contributed by atoms with Crippen LogP contribution in [0, 0.1) is 13.8 Å². The Morgan fingerprint density at radius 2 is 1.74 bits per heavy atom. The van der Waals surface area contributed by atoms with Crippen molar-refractivity contribution in [2.24, 2.45) is 0 Å². The Morgan fingerprint density at radius 1 is 1.11 bits per heavy atom. The number of rotatable bonds is 2. The van der Waals surface area contributed by atoms with Crippen molar-refractivity contribution in [1.29, 1.82) is 0 Å². The molecule has 3 rings (SSSR count). The van der Waals surface area contributed by atoms with Gasteiger partial charge in [0.15, 0.2) is 0 Å². The minimum Gasteiger partial charge on any atom is -0.444 e. The lowest BCUT2D eigenvalue weighted by Gasteiger charge is -2.33. The number of aryl methyl sites for hydroxylation is 2. The van der Waals surface area contributed by atoms with Crippen molar-refractivity contribution in [3.63, 3.8) is 0 Å². The summed E-state index contributed by atoms with van der Waals surface area (Å²) >= 11 is 0.